The molecule has 25 heavy (non-hydrogen) atoms. The molecule has 1 aliphatic heterocycles. The van der Waals surface area contributed by atoms with Crippen LogP contribution in [0.2, 0.25) is 0 Å². The summed E-state index contributed by atoms with van der Waals surface area (Å²) in [6, 6.07) is 16.3. The maximum absolute atomic E-state index is 12.7. The van der Waals surface area contributed by atoms with Gasteiger partial charge in [0, 0.05) is 5.69 Å². The maximum atomic E-state index is 12.7. The van der Waals surface area contributed by atoms with Crippen molar-refractivity contribution in [2.45, 2.75) is 12.5 Å². The summed E-state index contributed by atoms with van der Waals surface area (Å²) in [5.41, 5.74) is 2.66. The number of benzene rings is 2. The second kappa shape index (κ2) is 6.20. The van der Waals surface area contributed by atoms with E-state index in [-0.39, 0.29) is 18.2 Å². The van der Waals surface area contributed by atoms with Gasteiger partial charge in [-0.1, -0.05) is 41.6 Å². The van der Waals surface area contributed by atoms with E-state index in [0.717, 1.165) is 16.9 Å². The summed E-state index contributed by atoms with van der Waals surface area (Å²) in [6.45, 7) is 0. The van der Waals surface area contributed by atoms with E-state index in [1.165, 1.54) is 10.9 Å². The monoisotopic (exact) mass is 333 g/mol. The number of fused-ring (bicyclic) bond motifs is 1. The fraction of sp³-hybridized carbons (Fsp3) is 0.111. The molecule has 2 amide bonds. The molecule has 0 unspecified atom stereocenters. The van der Waals surface area contributed by atoms with Crippen molar-refractivity contribution in [3.05, 3.63) is 72.1 Å². The van der Waals surface area contributed by atoms with Gasteiger partial charge in [0.2, 0.25) is 5.91 Å². The third-order valence-corrected chi connectivity index (χ3v) is 4.09. The fourth-order valence-corrected chi connectivity index (χ4v) is 2.92. The molecule has 4 rings (SSSR count). The Kier molecular flexibility index (Phi) is 3.74. The number of carbonyl (C=O) groups is 2. The third-order valence-electron chi connectivity index (χ3n) is 4.09. The van der Waals surface area contributed by atoms with Crippen LogP contribution in [-0.2, 0) is 4.79 Å². The van der Waals surface area contributed by atoms with Gasteiger partial charge in [-0.2, -0.15) is 0 Å². The average molecular weight is 333 g/mol. The van der Waals surface area contributed by atoms with Crippen LogP contribution in [0.3, 0.4) is 0 Å². The molecule has 0 bridgehead atoms. The number of amides is 2. The van der Waals surface area contributed by atoms with Crippen molar-refractivity contribution in [3.63, 3.8) is 0 Å². The summed E-state index contributed by atoms with van der Waals surface area (Å²) in [5.74, 6) is -0.456. The summed E-state index contributed by atoms with van der Waals surface area (Å²) in [4.78, 5) is 24.6. The van der Waals surface area contributed by atoms with Gasteiger partial charge in [0.25, 0.3) is 5.91 Å². The molecular weight excluding hydrogens is 318 g/mol. The summed E-state index contributed by atoms with van der Waals surface area (Å²) in [5, 5.41) is 13.6. The van der Waals surface area contributed by atoms with E-state index in [4.69, 9.17) is 0 Å². The second-order valence-corrected chi connectivity index (χ2v) is 5.73. The van der Waals surface area contributed by atoms with Crippen LogP contribution in [0.4, 0.5) is 5.69 Å². The van der Waals surface area contributed by atoms with E-state index in [1.807, 2.05) is 54.6 Å². The van der Waals surface area contributed by atoms with Crippen LogP contribution in [0, 0.1) is 0 Å². The van der Waals surface area contributed by atoms with Gasteiger partial charge >= 0.3 is 0 Å². The molecule has 0 fully saturated rings. The zero-order chi connectivity index (χ0) is 17.2. The Bertz CT molecular complexity index is 935. The van der Waals surface area contributed by atoms with Gasteiger partial charge in [0.1, 0.15) is 0 Å². The van der Waals surface area contributed by atoms with Gasteiger partial charge in [0.15, 0.2) is 5.69 Å². The molecule has 2 aromatic carbocycles. The predicted molar refractivity (Wildman–Crippen MR) is 91.3 cm³/mol. The van der Waals surface area contributed by atoms with Crippen LogP contribution in [0.15, 0.2) is 60.8 Å². The molecule has 0 aliphatic carbocycles. The van der Waals surface area contributed by atoms with Crippen LogP contribution >= 0.6 is 0 Å². The second-order valence-electron chi connectivity index (χ2n) is 5.73. The molecule has 0 spiro atoms. The van der Waals surface area contributed by atoms with Crippen LogP contribution < -0.4 is 10.6 Å². The minimum absolute atomic E-state index is 0.126. The highest BCUT2D eigenvalue weighted by Crippen LogP contribution is 2.30. The number of nitrogens with zero attached hydrogens (tertiary/aromatic N) is 3. The quantitative estimate of drug-likeness (QED) is 0.768. The van der Waals surface area contributed by atoms with Crippen molar-refractivity contribution >= 4 is 17.5 Å². The highest BCUT2D eigenvalue weighted by Gasteiger charge is 2.27. The van der Waals surface area contributed by atoms with Crippen LogP contribution in [0.5, 0.6) is 0 Å². The van der Waals surface area contributed by atoms with Crippen molar-refractivity contribution in [1.29, 1.82) is 0 Å². The molecule has 1 aliphatic rings. The smallest absolute Gasteiger partial charge is 0.272 e. The van der Waals surface area contributed by atoms with Gasteiger partial charge < -0.3 is 10.6 Å². The normalized spacial score (nSPS) is 16.0. The third kappa shape index (κ3) is 2.87. The molecule has 2 N–H and O–H groups in total. The SMILES string of the molecule is O=C1C[C@@H](NC(=O)c2cnnn2-c2ccccc2)c2ccccc2N1. The van der Waals surface area contributed by atoms with Crippen molar-refractivity contribution in [2.24, 2.45) is 0 Å². The van der Waals surface area contributed by atoms with Gasteiger partial charge in [0.05, 0.1) is 24.3 Å². The average Bonchev–Trinajstić information content (AvgIpc) is 3.12. The lowest BCUT2D eigenvalue weighted by Crippen LogP contribution is -2.36. The Hall–Kier alpha value is -3.48. The molecule has 0 saturated heterocycles. The molecule has 1 atom stereocenters. The lowest BCUT2D eigenvalue weighted by Gasteiger charge is -2.26. The summed E-state index contributed by atoms with van der Waals surface area (Å²) in [6.07, 6.45) is 1.60. The fourth-order valence-electron chi connectivity index (χ4n) is 2.92. The van der Waals surface area contributed by atoms with E-state index >= 15 is 0 Å². The van der Waals surface area contributed by atoms with Crippen LogP contribution in [-0.4, -0.2) is 26.8 Å². The van der Waals surface area contributed by atoms with Crippen molar-refractivity contribution < 1.29 is 9.59 Å². The lowest BCUT2D eigenvalue weighted by atomic mass is 9.97. The molecule has 7 nitrogen and oxygen atoms in total. The number of nitrogens with one attached hydrogen (secondary N) is 2. The Morgan fingerprint density at radius 2 is 1.88 bits per heavy atom. The van der Waals surface area contributed by atoms with Gasteiger partial charge in [-0.25, -0.2) is 4.68 Å². The van der Waals surface area contributed by atoms with Gasteiger partial charge in [-0.3, -0.25) is 9.59 Å². The summed E-state index contributed by atoms with van der Waals surface area (Å²) < 4.78 is 1.48. The maximum Gasteiger partial charge on any atom is 0.272 e. The van der Waals surface area contributed by atoms with E-state index in [2.05, 4.69) is 20.9 Å². The topological polar surface area (TPSA) is 88.9 Å². The molecular formula is C18H15N5O2. The number of anilines is 1. The molecule has 3 aromatic rings. The highest BCUT2D eigenvalue weighted by atomic mass is 16.2. The first-order chi connectivity index (χ1) is 12.2. The Labute approximate surface area is 143 Å². The first-order valence-electron chi connectivity index (χ1n) is 7.88. The number of aromatic nitrogens is 3. The zero-order valence-electron chi connectivity index (χ0n) is 13.2. The van der Waals surface area contributed by atoms with Crippen molar-refractivity contribution in [3.8, 4) is 5.69 Å². The molecule has 2 heterocycles. The lowest BCUT2D eigenvalue weighted by molar-refractivity contribution is -0.116. The highest BCUT2D eigenvalue weighted by molar-refractivity contribution is 5.97. The summed E-state index contributed by atoms with van der Waals surface area (Å²) in [7, 11) is 0. The number of hydrogen-bond acceptors (Lipinski definition) is 4. The minimum atomic E-state index is -0.392. The first kappa shape index (κ1) is 15.1. The van der Waals surface area contributed by atoms with E-state index < -0.39 is 6.04 Å². The van der Waals surface area contributed by atoms with Crippen LogP contribution in [0.1, 0.15) is 28.5 Å². The molecule has 124 valence electrons. The molecule has 0 radical (unpaired) electrons. The molecule has 7 heteroatoms. The first-order valence-corrected chi connectivity index (χ1v) is 7.88. The number of rotatable bonds is 3. The minimum Gasteiger partial charge on any atom is -0.343 e. The Morgan fingerprint density at radius 1 is 1.12 bits per heavy atom. The number of para-hydroxylation sites is 2. The standard InChI is InChI=1S/C18H15N5O2/c24-17-10-15(13-8-4-5-9-14(13)20-17)21-18(25)16-11-19-22-23(16)12-6-2-1-3-7-12/h1-9,11,15H,10H2,(H,20,24)(H,21,25)/t15-/m1/s1. The van der Waals surface area contributed by atoms with E-state index in [9.17, 15) is 9.59 Å². The Balaban J connectivity index is 1.62. The molecule has 0 saturated carbocycles. The van der Waals surface area contributed by atoms with Crippen molar-refractivity contribution in [2.75, 3.05) is 5.32 Å². The number of carbonyl (C=O) groups excluding carboxylic acids is 2. The number of hydrogen-bond donors (Lipinski definition) is 2. The van der Waals surface area contributed by atoms with E-state index in [1.54, 1.807) is 0 Å². The van der Waals surface area contributed by atoms with Gasteiger partial charge in [-0.15, -0.1) is 5.10 Å². The van der Waals surface area contributed by atoms with Crippen molar-refractivity contribution in [1.82, 2.24) is 20.3 Å². The summed E-state index contributed by atoms with van der Waals surface area (Å²) >= 11 is 0. The zero-order valence-corrected chi connectivity index (χ0v) is 13.2. The Morgan fingerprint density at radius 3 is 2.72 bits per heavy atom. The largest absolute Gasteiger partial charge is 0.343 e. The van der Waals surface area contributed by atoms with E-state index in [0.29, 0.717) is 5.69 Å². The predicted octanol–water partition coefficient (Wildman–Crippen LogP) is 2.08. The molecule has 1 aromatic heterocycles. The van der Waals surface area contributed by atoms with Crippen LogP contribution in [0.25, 0.3) is 5.69 Å². The van der Waals surface area contributed by atoms with Gasteiger partial charge in [-0.05, 0) is 23.8 Å².